The van der Waals surface area contributed by atoms with Gasteiger partial charge in [0.2, 0.25) is 0 Å². The molecule has 0 fully saturated rings. The number of hydrogen-bond donors (Lipinski definition) is 1. The van der Waals surface area contributed by atoms with Crippen molar-refractivity contribution in [2.75, 3.05) is 0 Å². The van der Waals surface area contributed by atoms with E-state index in [0.29, 0.717) is 0 Å². The summed E-state index contributed by atoms with van der Waals surface area (Å²) in [6, 6.07) is 8.08. The Bertz CT molecular complexity index is 587. The van der Waals surface area contributed by atoms with Gasteiger partial charge in [0.1, 0.15) is 0 Å². The average molecular weight is 224 g/mol. The molecule has 1 aromatic carbocycles. The van der Waals surface area contributed by atoms with E-state index in [0.717, 1.165) is 12.0 Å². The summed E-state index contributed by atoms with van der Waals surface area (Å²) in [7, 11) is 0. The van der Waals surface area contributed by atoms with Gasteiger partial charge in [-0.05, 0) is 40.8 Å². The van der Waals surface area contributed by atoms with Crippen LogP contribution in [0.3, 0.4) is 0 Å². The van der Waals surface area contributed by atoms with Gasteiger partial charge in [-0.2, -0.15) is 0 Å². The first kappa shape index (κ1) is 10.1. The van der Waals surface area contributed by atoms with Crippen LogP contribution in [0.4, 0.5) is 0 Å². The molecule has 84 valence electrons. The molecular weight excluding hydrogens is 212 g/mol. The molecule has 0 bridgehead atoms. The van der Waals surface area contributed by atoms with Crippen molar-refractivity contribution in [3.8, 4) is 0 Å². The number of carboxylic acid groups (broad SMARTS) is 1. The Hall–Kier alpha value is -2.05. The molecule has 0 aliphatic heterocycles. The number of fused-ring (bicyclic) bond motifs is 2. The van der Waals surface area contributed by atoms with Crippen molar-refractivity contribution >= 4 is 11.5 Å². The number of rotatable bonds is 2. The van der Waals surface area contributed by atoms with Gasteiger partial charge < -0.3 is 5.11 Å². The third-order valence-corrected chi connectivity index (χ3v) is 3.44. The van der Waals surface area contributed by atoms with Crippen LogP contribution in [0.25, 0.3) is 5.57 Å². The molecule has 0 spiro atoms. The lowest BCUT2D eigenvalue weighted by Gasteiger charge is -2.13. The summed E-state index contributed by atoms with van der Waals surface area (Å²) >= 11 is 0. The van der Waals surface area contributed by atoms with Crippen molar-refractivity contribution < 1.29 is 9.90 Å². The average Bonchev–Trinajstić information content (AvgIpc) is 2.65. The van der Waals surface area contributed by atoms with Gasteiger partial charge in [0.25, 0.3) is 0 Å². The van der Waals surface area contributed by atoms with Crippen molar-refractivity contribution in [2.45, 2.75) is 18.8 Å². The molecule has 2 aliphatic rings. The van der Waals surface area contributed by atoms with E-state index in [2.05, 4.69) is 11.8 Å². The molecule has 2 heteroatoms. The van der Waals surface area contributed by atoms with E-state index in [1.165, 1.54) is 16.7 Å². The number of benzene rings is 1. The lowest BCUT2D eigenvalue weighted by Crippen LogP contribution is -2.06. The quantitative estimate of drug-likeness (QED) is 0.783. The van der Waals surface area contributed by atoms with Crippen LogP contribution in [0.1, 0.15) is 29.9 Å². The standard InChI is InChI=1S/C15H12O2/c16-15(17)9-14-12-7-3-1-5-10(12)11-6-2-4-8-13(11)14/h1,3-7,14H,8-9H2,(H,16,17). The maximum atomic E-state index is 11.0. The van der Waals surface area contributed by atoms with Crippen molar-refractivity contribution in [2.24, 2.45) is 0 Å². The summed E-state index contributed by atoms with van der Waals surface area (Å²) in [5.41, 5.74) is 7.84. The van der Waals surface area contributed by atoms with Crippen molar-refractivity contribution in [1.82, 2.24) is 0 Å². The van der Waals surface area contributed by atoms with Gasteiger partial charge in [0, 0.05) is 5.92 Å². The maximum absolute atomic E-state index is 11.0. The Balaban J connectivity index is 2.14. The Morgan fingerprint density at radius 3 is 3.06 bits per heavy atom. The van der Waals surface area contributed by atoms with Crippen LogP contribution in [0.5, 0.6) is 0 Å². The summed E-state index contributed by atoms with van der Waals surface area (Å²) in [5.74, 6) is -0.703. The van der Waals surface area contributed by atoms with E-state index in [1.54, 1.807) is 0 Å². The van der Waals surface area contributed by atoms with Gasteiger partial charge >= 0.3 is 5.97 Å². The summed E-state index contributed by atoms with van der Waals surface area (Å²) in [4.78, 5) is 11.0. The monoisotopic (exact) mass is 224 g/mol. The van der Waals surface area contributed by atoms with Gasteiger partial charge in [-0.3, -0.25) is 4.79 Å². The minimum absolute atomic E-state index is 0.0355. The van der Waals surface area contributed by atoms with Crippen LogP contribution in [0.2, 0.25) is 0 Å². The SMILES string of the molecule is O=C(O)CC1C2=C(C=C=CC2)c2ccccc21. The number of aliphatic carboxylic acids is 1. The Morgan fingerprint density at radius 2 is 2.24 bits per heavy atom. The van der Waals surface area contributed by atoms with Crippen LogP contribution >= 0.6 is 0 Å². The predicted octanol–water partition coefficient (Wildman–Crippen LogP) is 3.13. The zero-order valence-electron chi connectivity index (χ0n) is 9.31. The van der Waals surface area contributed by atoms with Crippen molar-refractivity contribution in [1.29, 1.82) is 0 Å². The molecule has 1 atom stereocenters. The first-order valence-corrected chi connectivity index (χ1v) is 5.72. The number of hydrogen-bond acceptors (Lipinski definition) is 1. The zero-order valence-corrected chi connectivity index (χ0v) is 9.31. The normalized spacial score (nSPS) is 20.4. The van der Waals surface area contributed by atoms with Gasteiger partial charge in [-0.1, -0.05) is 24.3 Å². The van der Waals surface area contributed by atoms with Gasteiger partial charge in [-0.15, -0.1) is 5.73 Å². The first-order valence-electron chi connectivity index (χ1n) is 5.72. The highest BCUT2D eigenvalue weighted by Gasteiger charge is 2.31. The molecule has 0 saturated carbocycles. The fraction of sp³-hybridized carbons (Fsp3) is 0.200. The lowest BCUT2D eigenvalue weighted by atomic mass is 9.90. The van der Waals surface area contributed by atoms with E-state index >= 15 is 0 Å². The van der Waals surface area contributed by atoms with Gasteiger partial charge in [-0.25, -0.2) is 0 Å². The minimum Gasteiger partial charge on any atom is -0.481 e. The summed E-state index contributed by atoms with van der Waals surface area (Å²) in [5, 5.41) is 9.03. The largest absolute Gasteiger partial charge is 0.481 e. The molecule has 0 aromatic heterocycles. The van der Waals surface area contributed by atoms with E-state index in [1.807, 2.05) is 30.4 Å². The molecule has 3 rings (SSSR count). The Labute approximate surface area is 99.6 Å². The molecule has 0 saturated heterocycles. The second-order valence-electron chi connectivity index (χ2n) is 4.40. The molecule has 1 unspecified atom stereocenters. The maximum Gasteiger partial charge on any atom is 0.304 e. The van der Waals surface area contributed by atoms with E-state index in [9.17, 15) is 4.79 Å². The molecule has 2 aliphatic carbocycles. The molecule has 2 nitrogen and oxygen atoms in total. The Kier molecular flexibility index (Phi) is 2.24. The highest BCUT2D eigenvalue weighted by atomic mass is 16.4. The van der Waals surface area contributed by atoms with Crippen LogP contribution in [0.15, 0.2) is 47.7 Å². The number of carboxylic acids is 1. The summed E-state index contributed by atoms with van der Waals surface area (Å²) < 4.78 is 0. The smallest absolute Gasteiger partial charge is 0.304 e. The number of carbonyl (C=O) groups is 1. The zero-order chi connectivity index (χ0) is 11.8. The molecule has 0 heterocycles. The molecule has 1 aromatic rings. The number of allylic oxidation sites excluding steroid dienone is 3. The van der Waals surface area contributed by atoms with Gasteiger partial charge in [0.05, 0.1) is 6.42 Å². The van der Waals surface area contributed by atoms with E-state index < -0.39 is 5.97 Å². The van der Waals surface area contributed by atoms with Crippen molar-refractivity contribution in [3.63, 3.8) is 0 Å². The summed E-state index contributed by atoms with van der Waals surface area (Å²) in [6.45, 7) is 0. The van der Waals surface area contributed by atoms with Crippen LogP contribution in [-0.2, 0) is 4.79 Å². The highest BCUT2D eigenvalue weighted by Crippen LogP contribution is 2.46. The van der Waals surface area contributed by atoms with E-state index in [-0.39, 0.29) is 12.3 Å². The molecule has 17 heavy (non-hydrogen) atoms. The molecule has 1 N–H and O–H groups in total. The van der Waals surface area contributed by atoms with Crippen molar-refractivity contribution in [3.05, 3.63) is 58.8 Å². The minimum atomic E-state index is -0.739. The van der Waals surface area contributed by atoms with Crippen LogP contribution in [0, 0.1) is 0 Å². The fourth-order valence-corrected chi connectivity index (χ4v) is 2.74. The van der Waals surface area contributed by atoms with Crippen LogP contribution in [-0.4, -0.2) is 11.1 Å². The van der Waals surface area contributed by atoms with E-state index in [4.69, 9.17) is 5.11 Å². The molecular formula is C15H12O2. The third-order valence-electron chi connectivity index (χ3n) is 3.44. The predicted molar refractivity (Wildman–Crippen MR) is 65.6 cm³/mol. The Morgan fingerprint density at radius 1 is 1.41 bits per heavy atom. The fourth-order valence-electron chi connectivity index (χ4n) is 2.74. The van der Waals surface area contributed by atoms with Gasteiger partial charge in [0.15, 0.2) is 0 Å². The second-order valence-corrected chi connectivity index (χ2v) is 4.40. The highest BCUT2D eigenvalue weighted by molar-refractivity contribution is 5.86. The van der Waals surface area contributed by atoms with Crippen LogP contribution < -0.4 is 0 Å². The second kappa shape index (κ2) is 3.76. The topological polar surface area (TPSA) is 37.3 Å². The lowest BCUT2D eigenvalue weighted by molar-refractivity contribution is -0.137. The molecule has 0 radical (unpaired) electrons. The first-order chi connectivity index (χ1) is 8.27. The third kappa shape index (κ3) is 1.54. The summed E-state index contributed by atoms with van der Waals surface area (Å²) in [6.07, 6.45) is 4.94. The molecule has 0 amide bonds.